The monoisotopic (exact) mass is 348 g/mol. The van der Waals surface area contributed by atoms with Crippen LogP contribution in [0.4, 0.5) is 0 Å². The Kier molecular flexibility index (Phi) is 16.8. The van der Waals surface area contributed by atoms with Crippen molar-refractivity contribution in [3.05, 3.63) is 59.7 Å². The number of hydrogen-bond acceptors (Lipinski definition) is 2. The molecule has 0 bridgehead atoms. The summed E-state index contributed by atoms with van der Waals surface area (Å²) in [6.45, 7) is 1.94. The van der Waals surface area contributed by atoms with E-state index < -0.39 is 0 Å². The van der Waals surface area contributed by atoms with Gasteiger partial charge in [-0.1, -0.05) is 47.6 Å². The summed E-state index contributed by atoms with van der Waals surface area (Å²) in [5.41, 5.74) is 2.18. The molecule has 2 rings (SSSR count). The first-order chi connectivity index (χ1) is 8.11. The van der Waals surface area contributed by atoms with Gasteiger partial charge in [0.1, 0.15) is 11.5 Å². The van der Waals surface area contributed by atoms with Crippen LogP contribution in [-0.4, -0.2) is 27.6 Å². The molecule has 20 heavy (non-hydrogen) atoms. The fourth-order valence-electron chi connectivity index (χ4n) is 1.27. The van der Waals surface area contributed by atoms with Gasteiger partial charge in [-0.05, 0) is 42.3 Å². The minimum absolute atomic E-state index is 0. The van der Waals surface area contributed by atoms with E-state index in [1.807, 2.05) is 31.2 Å². The van der Waals surface area contributed by atoms with Crippen molar-refractivity contribution in [2.24, 2.45) is 0 Å². The van der Waals surface area contributed by atoms with Crippen molar-refractivity contribution >= 4 is 33.3 Å². The number of phenols is 2. The van der Waals surface area contributed by atoms with Crippen molar-refractivity contribution in [1.82, 2.24) is 0 Å². The molecule has 0 aromatic heterocycles. The molecule has 2 aromatic carbocycles. The fourth-order valence-corrected chi connectivity index (χ4v) is 1.62. The Morgan fingerprint density at radius 2 is 1.50 bits per heavy atom. The van der Waals surface area contributed by atoms with Crippen molar-refractivity contribution in [1.29, 1.82) is 0 Å². The molecule has 0 heterocycles. The van der Waals surface area contributed by atoms with Gasteiger partial charge in [0.15, 0.2) is 17.4 Å². The van der Waals surface area contributed by atoms with E-state index in [-0.39, 0.29) is 45.1 Å². The summed E-state index contributed by atoms with van der Waals surface area (Å²) in [5.74, 6) is 0.664. The summed E-state index contributed by atoms with van der Waals surface area (Å²) in [6, 6.07) is 14.3. The van der Waals surface area contributed by atoms with E-state index in [0.29, 0.717) is 11.5 Å². The van der Waals surface area contributed by atoms with E-state index in [4.69, 9.17) is 10.2 Å². The molecule has 0 fully saturated rings. The van der Waals surface area contributed by atoms with Gasteiger partial charge in [0, 0.05) is 5.33 Å². The molecule has 0 aliphatic rings. The fraction of sp³-hybridized carbons (Fsp3) is 0.200. The van der Waals surface area contributed by atoms with Crippen LogP contribution in [0, 0.1) is 6.92 Å². The van der Waals surface area contributed by atoms with Gasteiger partial charge in [-0.15, -0.1) is 0 Å². The van der Waals surface area contributed by atoms with Gasteiger partial charge in [0.25, 0.3) is 0 Å². The number of aryl methyl sites for hydroxylation is 1. The zero-order chi connectivity index (χ0) is 12.7. The number of phenolic OH excluding ortho intramolecular Hbond substituents is 2. The third-order valence-electron chi connectivity index (χ3n) is 2.07. The number of halogens is 1. The van der Waals surface area contributed by atoms with Gasteiger partial charge in [-0.2, -0.15) is 0 Å². The van der Waals surface area contributed by atoms with Crippen molar-refractivity contribution < 1.29 is 30.5 Å². The first kappa shape index (κ1) is 24.7. The molecular weight excluding hydrogens is 326 g/mol. The number of rotatable bonds is 1. The number of hydrogen-bond donors (Lipinski definition) is 2. The number of aromatic hydroxyl groups is 2. The predicted molar refractivity (Wildman–Crippen MR) is 91.4 cm³/mol. The largest absolute Gasteiger partial charge is 1.00 e. The molecule has 2 nitrogen and oxygen atoms in total. The third kappa shape index (κ3) is 10.4. The Morgan fingerprint density at radius 1 is 1.00 bits per heavy atom. The van der Waals surface area contributed by atoms with Gasteiger partial charge < -0.3 is 11.6 Å². The third-order valence-corrected chi connectivity index (χ3v) is 2.71. The van der Waals surface area contributed by atoms with E-state index in [2.05, 4.69) is 15.9 Å². The number of alkyl halides is 1. The molecule has 2 aromatic rings. The maximum Gasteiger partial charge on any atom is 1.00 e. The molecule has 0 saturated heterocycles. The zero-order valence-electron chi connectivity index (χ0n) is 11.6. The van der Waals surface area contributed by atoms with Crippen LogP contribution in [0.5, 0.6) is 11.5 Å². The van der Waals surface area contributed by atoms with E-state index in [0.717, 1.165) is 16.5 Å². The average molecular weight is 349 g/mol. The maximum absolute atomic E-state index is 8.92. The summed E-state index contributed by atoms with van der Waals surface area (Å²) < 4.78 is 0. The second-order valence-corrected chi connectivity index (χ2v) is 4.20. The van der Waals surface area contributed by atoms with Crippen LogP contribution >= 0.6 is 15.9 Å². The zero-order valence-corrected chi connectivity index (χ0v) is 12.2. The normalized spacial score (nSPS) is 7.90. The molecule has 5 heteroatoms. The summed E-state index contributed by atoms with van der Waals surface area (Å²) in [4.78, 5) is 0. The Bertz CT molecular complexity index is 469. The van der Waals surface area contributed by atoms with Crippen molar-refractivity contribution in [3.63, 3.8) is 0 Å². The smallest absolute Gasteiger partial charge is 1.00 e. The van der Waals surface area contributed by atoms with E-state index in [1.54, 1.807) is 24.3 Å². The van der Waals surface area contributed by atoms with E-state index >= 15 is 0 Å². The second-order valence-electron chi connectivity index (χ2n) is 3.64. The van der Waals surface area contributed by atoms with Crippen molar-refractivity contribution in [2.45, 2.75) is 19.7 Å². The SMILES string of the molecule is C.Cc1cccc(O)c1.Oc1cccc(CBr)c1.[AlH3].[H-].[Li+]. The minimum atomic E-state index is 0. The summed E-state index contributed by atoms with van der Waals surface area (Å²) in [6.07, 6.45) is 0. The second kappa shape index (κ2) is 13.6. The standard InChI is InChI=1S/C7H7BrO.C7H8O.CH4.Al.Li.4H/c8-5-6-2-1-3-7(9)4-6;1-6-3-2-4-7(8)5-6;;;;;;;/h1-4,9H,5H2;2-5,8H,1H3;1H4;;;;;;/q;;;;+1;;;;-1. The topological polar surface area (TPSA) is 40.5 Å². The Morgan fingerprint density at radius 3 is 1.80 bits per heavy atom. The summed E-state index contributed by atoms with van der Waals surface area (Å²) in [7, 11) is 0. The first-order valence-corrected chi connectivity index (χ1v) is 6.33. The van der Waals surface area contributed by atoms with Gasteiger partial charge in [-0.25, -0.2) is 0 Å². The molecule has 0 amide bonds. The van der Waals surface area contributed by atoms with E-state index in [1.165, 1.54) is 0 Å². The summed E-state index contributed by atoms with van der Waals surface area (Å²) >= 11 is 3.28. The predicted octanol–water partition coefficient (Wildman–Crippen LogP) is 0.556. The molecule has 0 atom stereocenters. The molecule has 0 saturated carbocycles. The van der Waals surface area contributed by atoms with Crippen molar-refractivity contribution in [2.75, 3.05) is 0 Å². The maximum atomic E-state index is 8.92. The van der Waals surface area contributed by atoms with Crippen molar-refractivity contribution in [3.8, 4) is 11.5 Å². The Balaban J connectivity index is -0.000000116. The molecule has 0 spiro atoms. The average Bonchev–Trinajstić information content (AvgIpc) is 2.29. The summed E-state index contributed by atoms with van der Waals surface area (Å²) in [5, 5.41) is 18.5. The van der Waals surface area contributed by atoms with Gasteiger partial charge in [0.05, 0.1) is 0 Å². The quantitative estimate of drug-likeness (QED) is 0.584. The van der Waals surface area contributed by atoms with Crippen LogP contribution in [0.2, 0.25) is 0 Å². The van der Waals surface area contributed by atoms with Crippen LogP contribution in [-0.2, 0) is 5.33 Å². The van der Waals surface area contributed by atoms with Crippen LogP contribution in [0.3, 0.4) is 0 Å². The molecule has 106 valence electrons. The molecule has 0 unspecified atom stereocenters. The molecule has 0 radical (unpaired) electrons. The number of benzene rings is 2. The van der Waals surface area contributed by atoms with E-state index in [9.17, 15) is 0 Å². The first-order valence-electron chi connectivity index (χ1n) is 5.21. The Labute approximate surface area is 154 Å². The minimum Gasteiger partial charge on any atom is -1.00 e. The van der Waals surface area contributed by atoms with Gasteiger partial charge in [0.2, 0.25) is 0 Å². The van der Waals surface area contributed by atoms with Gasteiger partial charge in [-0.3, -0.25) is 0 Å². The van der Waals surface area contributed by atoms with Crippen LogP contribution < -0.4 is 18.9 Å². The van der Waals surface area contributed by atoms with Gasteiger partial charge >= 0.3 is 18.9 Å². The van der Waals surface area contributed by atoms with Crippen LogP contribution in [0.15, 0.2) is 48.5 Å². The van der Waals surface area contributed by atoms with Crippen LogP contribution in [0.25, 0.3) is 0 Å². The molecular formula is C15H23AlBrLiO2. The molecule has 0 aliphatic heterocycles. The Hall–Kier alpha value is -0.350. The van der Waals surface area contributed by atoms with Crippen LogP contribution in [0.1, 0.15) is 20.0 Å². The molecule has 2 N–H and O–H groups in total. The molecule has 0 aliphatic carbocycles.